The van der Waals surface area contributed by atoms with Crippen LogP contribution in [-0.4, -0.2) is 53.6 Å². The van der Waals surface area contributed by atoms with Gasteiger partial charge in [-0.1, -0.05) is 6.07 Å². The Morgan fingerprint density at radius 3 is 2.78 bits per heavy atom. The maximum atomic E-state index is 14.5. The molecular formula is C18H26FN7O. The number of halogens is 1. The van der Waals surface area contributed by atoms with Crippen LogP contribution in [0.4, 0.5) is 10.1 Å². The van der Waals surface area contributed by atoms with Gasteiger partial charge in [-0.05, 0) is 24.6 Å². The lowest BCUT2D eigenvalue weighted by molar-refractivity contribution is 0.122. The molecule has 0 unspecified atom stereocenters. The second-order valence-corrected chi connectivity index (χ2v) is 6.23. The number of hydrogen-bond acceptors (Lipinski definition) is 5. The molecule has 2 heterocycles. The van der Waals surface area contributed by atoms with Crippen molar-refractivity contribution in [3.05, 3.63) is 41.7 Å². The molecular weight excluding hydrogens is 349 g/mol. The number of anilines is 1. The third-order valence-corrected chi connectivity index (χ3v) is 4.35. The maximum Gasteiger partial charge on any atom is 0.191 e. The molecule has 0 bridgehead atoms. The van der Waals surface area contributed by atoms with Crippen molar-refractivity contribution >= 4 is 11.6 Å². The Hall–Kier alpha value is -2.68. The first-order valence-corrected chi connectivity index (χ1v) is 9.13. The Kier molecular flexibility index (Phi) is 6.59. The van der Waals surface area contributed by atoms with Crippen LogP contribution in [0.15, 0.2) is 29.5 Å². The highest BCUT2D eigenvalue weighted by Gasteiger charge is 2.15. The number of ether oxygens (including phenoxy) is 1. The molecule has 3 rings (SSSR count). The normalized spacial score (nSPS) is 15.1. The van der Waals surface area contributed by atoms with E-state index in [4.69, 9.17) is 4.74 Å². The van der Waals surface area contributed by atoms with Crippen molar-refractivity contribution in [2.24, 2.45) is 12.0 Å². The molecule has 2 N–H and O–H groups in total. The molecule has 1 saturated heterocycles. The molecule has 0 aliphatic carbocycles. The molecule has 2 aromatic rings. The van der Waals surface area contributed by atoms with Crippen LogP contribution in [0.5, 0.6) is 0 Å². The van der Waals surface area contributed by atoms with Gasteiger partial charge >= 0.3 is 0 Å². The van der Waals surface area contributed by atoms with Gasteiger partial charge in [0.05, 0.1) is 32.0 Å². The molecule has 1 aromatic heterocycles. The molecule has 0 atom stereocenters. The zero-order valence-electron chi connectivity index (χ0n) is 15.8. The van der Waals surface area contributed by atoms with Crippen LogP contribution < -0.4 is 15.5 Å². The summed E-state index contributed by atoms with van der Waals surface area (Å²) in [5.41, 5.74) is 1.44. The monoisotopic (exact) mass is 375 g/mol. The van der Waals surface area contributed by atoms with Crippen LogP contribution in [-0.2, 0) is 24.9 Å². The number of aliphatic imine (C=N–C) groups is 1. The van der Waals surface area contributed by atoms with Gasteiger partial charge in [-0.25, -0.2) is 14.4 Å². The van der Waals surface area contributed by atoms with Gasteiger partial charge in [-0.2, -0.15) is 5.10 Å². The minimum absolute atomic E-state index is 0.221. The number of rotatable bonds is 6. The summed E-state index contributed by atoms with van der Waals surface area (Å²) in [5.74, 6) is 1.24. The van der Waals surface area contributed by atoms with E-state index in [2.05, 4.69) is 25.7 Å². The summed E-state index contributed by atoms with van der Waals surface area (Å²) >= 11 is 0. The van der Waals surface area contributed by atoms with Crippen molar-refractivity contribution < 1.29 is 9.13 Å². The Balaban J connectivity index is 1.62. The SMILES string of the molecule is CCNC(=NCc1ccc(N2CCOCC2)c(F)c1)NCc1ncnn1C. The van der Waals surface area contributed by atoms with Crippen molar-refractivity contribution in [2.75, 3.05) is 37.7 Å². The molecule has 0 radical (unpaired) electrons. The molecule has 0 saturated carbocycles. The third-order valence-electron chi connectivity index (χ3n) is 4.35. The number of guanidine groups is 1. The van der Waals surface area contributed by atoms with Crippen molar-refractivity contribution in [1.82, 2.24) is 25.4 Å². The van der Waals surface area contributed by atoms with E-state index in [9.17, 15) is 4.39 Å². The van der Waals surface area contributed by atoms with Gasteiger partial charge in [0.1, 0.15) is 18.0 Å². The molecule has 9 heteroatoms. The molecule has 1 aliphatic rings. The van der Waals surface area contributed by atoms with E-state index in [0.29, 0.717) is 51.0 Å². The molecule has 1 fully saturated rings. The minimum Gasteiger partial charge on any atom is -0.378 e. The summed E-state index contributed by atoms with van der Waals surface area (Å²) in [6.45, 7) is 6.31. The standard InChI is InChI=1S/C18H26FN7O/c1-3-20-18(22-12-17-23-13-24-25(17)2)21-11-14-4-5-16(15(19)10-14)26-6-8-27-9-7-26/h4-5,10,13H,3,6-9,11-12H2,1-2H3,(H2,20,21,22). The summed E-state index contributed by atoms with van der Waals surface area (Å²) in [7, 11) is 1.84. The largest absolute Gasteiger partial charge is 0.378 e. The smallest absolute Gasteiger partial charge is 0.191 e. The number of nitrogens with one attached hydrogen (secondary N) is 2. The number of aromatic nitrogens is 3. The van der Waals surface area contributed by atoms with E-state index < -0.39 is 0 Å². The van der Waals surface area contributed by atoms with Crippen LogP contribution >= 0.6 is 0 Å². The lowest BCUT2D eigenvalue weighted by Crippen LogP contribution is -2.37. The van der Waals surface area contributed by atoms with Crippen molar-refractivity contribution in [3.63, 3.8) is 0 Å². The minimum atomic E-state index is -0.221. The van der Waals surface area contributed by atoms with Crippen LogP contribution in [0.2, 0.25) is 0 Å². The number of aryl methyl sites for hydroxylation is 1. The van der Waals surface area contributed by atoms with Crippen LogP contribution in [0.25, 0.3) is 0 Å². The van der Waals surface area contributed by atoms with Gasteiger partial charge in [-0.3, -0.25) is 4.68 Å². The second-order valence-electron chi connectivity index (χ2n) is 6.23. The van der Waals surface area contributed by atoms with E-state index >= 15 is 0 Å². The fourth-order valence-electron chi connectivity index (χ4n) is 2.86. The Labute approximate surface area is 158 Å². The van der Waals surface area contributed by atoms with Gasteiger partial charge in [0.25, 0.3) is 0 Å². The number of hydrogen-bond donors (Lipinski definition) is 2. The van der Waals surface area contributed by atoms with Gasteiger partial charge in [0, 0.05) is 26.7 Å². The van der Waals surface area contributed by atoms with E-state index in [1.807, 2.05) is 31.0 Å². The van der Waals surface area contributed by atoms with Gasteiger partial charge in [0.15, 0.2) is 5.96 Å². The number of morpholine rings is 1. The predicted octanol–water partition coefficient (Wildman–Crippen LogP) is 1.05. The topological polar surface area (TPSA) is 79.6 Å². The quantitative estimate of drug-likeness (QED) is 0.580. The molecule has 146 valence electrons. The van der Waals surface area contributed by atoms with E-state index in [0.717, 1.165) is 17.9 Å². The van der Waals surface area contributed by atoms with E-state index in [-0.39, 0.29) is 5.82 Å². The van der Waals surface area contributed by atoms with E-state index in [1.54, 1.807) is 10.7 Å². The molecule has 27 heavy (non-hydrogen) atoms. The fraction of sp³-hybridized carbons (Fsp3) is 0.500. The average molecular weight is 375 g/mol. The van der Waals surface area contributed by atoms with Crippen LogP contribution in [0.1, 0.15) is 18.3 Å². The molecule has 0 amide bonds. The summed E-state index contributed by atoms with van der Waals surface area (Å²) in [4.78, 5) is 10.7. The molecule has 1 aliphatic heterocycles. The molecule has 8 nitrogen and oxygen atoms in total. The maximum absolute atomic E-state index is 14.5. The summed E-state index contributed by atoms with van der Waals surface area (Å²) in [6, 6.07) is 5.30. The van der Waals surface area contributed by atoms with Crippen LogP contribution in [0, 0.1) is 5.82 Å². The van der Waals surface area contributed by atoms with Gasteiger partial charge in [-0.15, -0.1) is 0 Å². The summed E-state index contributed by atoms with van der Waals surface area (Å²) in [6.07, 6.45) is 1.51. The summed E-state index contributed by atoms with van der Waals surface area (Å²) in [5, 5.41) is 10.4. The third kappa shape index (κ3) is 5.16. The number of benzene rings is 1. The second kappa shape index (κ2) is 9.31. The Morgan fingerprint density at radius 2 is 2.11 bits per heavy atom. The highest BCUT2D eigenvalue weighted by molar-refractivity contribution is 5.79. The highest BCUT2D eigenvalue weighted by Crippen LogP contribution is 2.21. The zero-order valence-corrected chi connectivity index (χ0v) is 15.8. The lowest BCUT2D eigenvalue weighted by Gasteiger charge is -2.29. The first kappa shape index (κ1) is 19.1. The first-order chi connectivity index (χ1) is 13.2. The average Bonchev–Trinajstić information content (AvgIpc) is 3.09. The van der Waals surface area contributed by atoms with Gasteiger partial charge in [0.2, 0.25) is 0 Å². The Morgan fingerprint density at radius 1 is 1.30 bits per heavy atom. The van der Waals surface area contributed by atoms with Gasteiger partial charge < -0.3 is 20.3 Å². The van der Waals surface area contributed by atoms with Crippen LogP contribution in [0.3, 0.4) is 0 Å². The first-order valence-electron chi connectivity index (χ1n) is 9.13. The van der Waals surface area contributed by atoms with Crippen molar-refractivity contribution in [3.8, 4) is 0 Å². The molecule has 1 aromatic carbocycles. The highest BCUT2D eigenvalue weighted by atomic mass is 19.1. The van der Waals surface area contributed by atoms with Crippen molar-refractivity contribution in [1.29, 1.82) is 0 Å². The van der Waals surface area contributed by atoms with Crippen molar-refractivity contribution in [2.45, 2.75) is 20.0 Å². The zero-order chi connectivity index (χ0) is 19.1. The predicted molar refractivity (Wildman–Crippen MR) is 102 cm³/mol. The Bertz CT molecular complexity index is 771. The summed E-state index contributed by atoms with van der Waals surface area (Å²) < 4.78 is 21.5. The number of nitrogens with zero attached hydrogens (tertiary/aromatic N) is 5. The lowest BCUT2D eigenvalue weighted by atomic mass is 10.1. The molecule has 0 spiro atoms. The fourth-order valence-corrected chi connectivity index (χ4v) is 2.86. The van der Waals surface area contributed by atoms with E-state index in [1.165, 1.54) is 6.33 Å².